The zero-order chi connectivity index (χ0) is 10.3. The molecule has 0 unspecified atom stereocenters. The highest BCUT2D eigenvalue weighted by Crippen LogP contribution is 2.35. The number of methoxy groups -OCH3 is 1. The molecule has 2 rings (SSSR count). The van der Waals surface area contributed by atoms with Crippen LogP contribution in [0.2, 0.25) is 0 Å². The van der Waals surface area contributed by atoms with E-state index in [9.17, 15) is 4.79 Å². The van der Waals surface area contributed by atoms with E-state index in [2.05, 4.69) is 15.9 Å². The Labute approximate surface area is 90.8 Å². The Kier molecular flexibility index (Phi) is 2.23. The number of amides is 1. The van der Waals surface area contributed by atoms with Crippen molar-refractivity contribution in [3.8, 4) is 5.75 Å². The van der Waals surface area contributed by atoms with Crippen molar-refractivity contribution in [2.75, 3.05) is 14.2 Å². The topological polar surface area (TPSA) is 29.5 Å². The molecule has 0 saturated carbocycles. The van der Waals surface area contributed by atoms with Gasteiger partial charge in [-0.1, -0.05) is 6.07 Å². The monoisotopic (exact) mass is 255 g/mol. The third-order valence-corrected chi connectivity index (χ3v) is 3.17. The van der Waals surface area contributed by atoms with Crippen molar-refractivity contribution in [1.82, 2.24) is 4.90 Å². The number of rotatable bonds is 1. The van der Waals surface area contributed by atoms with E-state index in [1.807, 2.05) is 12.1 Å². The fourth-order valence-corrected chi connectivity index (χ4v) is 2.35. The fourth-order valence-electron chi connectivity index (χ4n) is 1.64. The van der Waals surface area contributed by atoms with Gasteiger partial charge in [0, 0.05) is 13.6 Å². The second-order valence-electron chi connectivity index (χ2n) is 3.28. The van der Waals surface area contributed by atoms with Gasteiger partial charge in [0.2, 0.25) is 0 Å². The van der Waals surface area contributed by atoms with Gasteiger partial charge in [0.15, 0.2) is 0 Å². The van der Waals surface area contributed by atoms with E-state index < -0.39 is 0 Å². The van der Waals surface area contributed by atoms with Crippen LogP contribution < -0.4 is 4.74 Å². The molecule has 0 bridgehead atoms. The zero-order valence-corrected chi connectivity index (χ0v) is 9.59. The Morgan fingerprint density at radius 1 is 1.50 bits per heavy atom. The van der Waals surface area contributed by atoms with Gasteiger partial charge in [0.05, 0.1) is 17.1 Å². The summed E-state index contributed by atoms with van der Waals surface area (Å²) >= 11 is 3.39. The van der Waals surface area contributed by atoms with Crippen molar-refractivity contribution in [3.63, 3.8) is 0 Å². The molecule has 0 atom stereocenters. The second-order valence-corrected chi connectivity index (χ2v) is 4.07. The summed E-state index contributed by atoms with van der Waals surface area (Å²) in [6, 6.07) is 3.80. The lowest BCUT2D eigenvalue weighted by molar-refractivity contribution is 0.0815. The third kappa shape index (κ3) is 1.21. The number of benzene rings is 1. The predicted octanol–water partition coefficient (Wildman–Crippen LogP) is 2.04. The van der Waals surface area contributed by atoms with E-state index in [0.29, 0.717) is 12.3 Å². The van der Waals surface area contributed by atoms with Crippen LogP contribution in [0.15, 0.2) is 16.6 Å². The van der Waals surface area contributed by atoms with Gasteiger partial charge in [-0.05, 0) is 27.6 Å². The maximum Gasteiger partial charge on any atom is 0.255 e. The van der Waals surface area contributed by atoms with Gasteiger partial charge in [-0.15, -0.1) is 0 Å². The minimum Gasteiger partial charge on any atom is -0.496 e. The molecule has 3 nitrogen and oxygen atoms in total. The molecular weight excluding hydrogens is 246 g/mol. The summed E-state index contributed by atoms with van der Waals surface area (Å²) in [6.07, 6.45) is 0. The lowest BCUT2D eigenvalue weighted by Gasteiger charge is -2.06. The first-order valence-electron chi connectivity index (χ1n) is 4.26. The molecule has 1 amide bonds. The molecule has 1 aromatic carbocycles. The van der Waals surface area contributed by atoms with Crippen LogP contribution in [0.4, 0.5) is 0 Å². The first-order valence-corrected chi connectivity index (χ1v) is 5.05. The van der Waals surface area contributed by atoms with Crippen LogP contribution in [0.25, 0.3) is 0 Å². The van der Waals surface area contributed by atoms with Gasteiger partial charge >= 0.3 is 0 Å². The summed E-state index contributed by atoms with van der Waals surface area (Å²) < 4.78 is 5.89. The van der Waals surface area contributed by atoms with E-state index >= 15 is 0 Å². The van der Waals surface area contributed by atoms with Gasteiger partial charge in [-0.3, -0.25) is 4.79 Å². The van der Waals surface area contributed by atoms with E-state index in [-0.39, 0.29) is 5.91 Å². The minimum atomic E-state index is 0.0470. The van der Waals surface area contributed by atoms with Gasteiger partial charge in [-0.25, -0.2) is 0 Å². The molecule has 0 fully saturated rings. The smallest absolute Gasteiger partial charge is 0.255 e. The lowest BCUT2D eigenvalue weighted by Crippen LogP contribution is -2.17. The van der Waals surface area contributed by atoms with Crippen LogP contribution in [0.3, 0.4) is 0 Å². The molecule has 0 N–H and O–H groups in total. The molecule has 0 aromatic heterocycles. The highest BCUT2D eigenvalue weighted by atomic mass is 79.9. The Hall–Kier alpha value is -1.03. The maximum atomic E-state index is 11.7. The van der Waals surface area contributed by atoms with Crippen LogP contribution in [0.1, 0.15) is 15.9 Å². The van der Waals surface area contributed by atoms with Crippen molar-refractivity contribution in [2.45, 2.75) is 6.54 Å². The van der Waals surface area contributed by atoms with Crippen molar-refractivity contribution >= 4 is 21.8 Å². The van der Waals surface area contributed by atoms with Crippen molar-refractivity contribution in [2.24, 2.45) is 0 Å². The molecule has 0 spiro atoms. The average molecular weight is 256 g/mol. The second kappa shape index (κ2) is 3.28. The Balaban J connectivity index is 2.60. The summed E-state index contributed by atoms with van der Waals surface area (Å²) in [4.78, 5) is 13.4. The number of hydrogen-bond acceptors (Lipinski definition) is 2. The molecule has 0 saturated heterocycles. The van der Waals surface area contributed by atoms with Gasteiger partial charge in [0.25, 0.3) is 5.91 Å². The maximum absolute atomic E-state index is 11.7. The molecule has 0 aliphatic carbocycles. The molecule has 1 aromatic rings. The summed E-state index contributed by atoms with van der Waals surface area (Å²) in [5.41, 5.74) is 1.78. The predicted molar refractivity (Wildman–Crippen MR) is 56.5 cm³/mol. The molecule has 1 aliphatic heterocycles. The summed E-state index contributed by atoms with van der Waals surface area (Å²) in [5, 5.41) is 0. The SMILES string of the molecule is COc1ccc2c(c1Br)C(=O)N(C)C2. The van der Waals surface area contributed by atoms with Crippen LogP contribution in [-0.4, -0.2) is 25.0 Å². The molecule has 0 radical (unpaired) electrons. The number of hydrogen-bond donors (Lipinski definition) is 0. The lowest BCUT2D eigenvalue weighted by atomic mass is 10.1. The van der Waals surface area contributed by atoms with Crippen molar-refractivity contribution in [1.29, 1.82) is 0 Å². The molecule has 1 aliphatic rings. The average Bonchev–Trinajstić information content (AvgIpc) is 2.44. The van der Waals surface area contributed by atoms with Crippen LogP contribution in [0, 0.1) is 0 Å². The Morgan fingerprint density at radius 3 is 2.86 bits per heavy atom. The Morgan fingerprint density at radius 2 is 2.21 bits per heavy atom. The number of carbonyl (C=O) groups excluding carboxylic acids is 1. The van der Waals surface area contributed by atoms with E-state index in [1.54, 1.807) is 19.1 Å². The standard InChI is InChI=1S/C10H10BrNO2/c1-12-5-6-3-4-7(14-2)9(11)8(6)10(12)13/h3-4H,5H2,1-2H3. The largest absolute Gasteiger partial charge is 0.496 e. The fraction of sp³-hybridized carbons (Fsp3) is 0.300. The summed E-state index contributed by atoms with van der Waals surface area (Å²) in [5.74, 6) is 0.748. The number of carbonyl (C=O) groups is 1. The quantitative estimate of drug-likeness (QED) is 0.769. The van der Waals surface area contributed by atoms with Gasteiger partial charge in [-0.2, -0.15) is 0 Å². The number of nitrogens with zero attached hydrogens (tertiary/aromatic N) is 1. The Bertz CT molecular complexity index is 403. The van der Waals surface area contributed by atoms with Crippen molar-refractivity contribution < 1.29 is 9.53 Å². The van der Waals surface area contributed by atoms with E-state index in [0.717, 1.165) is 15.6 Å². The molecule has 14 heavy (non-hydrogen) atoms. The first kappa shape index (κ1) is 9.52. The van der Waals surface area contributed by atoms with Crippen molar-refractivity contribution in [3.05, 3.63) is 27.7 Å². The summed E-state index contributed by atoms with van der Waals surface area (Å²) in [7, 11) is 3.39. The number of halogens is 1. The molecular formula is C10H10BrNO2. The first-order chi connectivity index (χ1) is 6.65. The van der Waals surface area contributed by atoms with Crippen LogP contribution >= 0.6 is 15.9 Å². The summed E-state index contributed by atoms with van der Waals surface area (Å²) in [6.45, 7) is 0.677. The minimum absolute atomic E-state index is 0.0470. The zero-order valence-electron chi connectivity index (χ0n) is 8.00. The molecule has 1 heterocycles. The van der Waals surface area contributed by atoms with Gasteiger partial charge in [0.1, 0.15) is 5.75 Å². The third-order valence-electron chi connectivity index (χ3n) is 2.38. The normalized spacial score (nSPS) is 14.5. The van der Waals surface area contributed by atoms with Gasteiger partial charge < -0.3 is 9.64 Å². The molecule has 4 heteroatoms. The van der Waals surface area contributed by atoms with Crippen LogP contribution in [0.5, 0.6) is 5.75 Å². The van der Waals surface area contributed by atoms with E-state index in [1.165, 1.54) is 0 Å². The van der Waals surface area contributed by atoms with E-state index in [4.69, 9.17) is 4.74 Å². The highest BCUT2D eigenvalue weighted by Gasteiger charge is 2.28. The highest BCUT2D eigenvalue weighted by molar-refractivity contribution is 9.10. The van der Waals surface area contributed by atoms with Crippen LogP contribution in [-0.2, 0) is 6.54 Å². The number of ether oxygens (including phenoxy) is 1. The number of fused-ring (bicyclic) bond motifs is 1. The molecule has 74 valence electrons.